The van der Waals surface area contributed by atoms with Gasteiger partial charge in [0.15, 0.2) is 5.92 Å². The molecule has 0 aliphatic heterocycles. The smallest absolute Gasteiger partial charge is 0.318 e. The summed E-state index contributed by atoms with van der Waals surface area (Å²) in [5.41, 5.74) is 2.48. The van der Waals surface area contributed by atoms with Crippen LogP contribution in [0.4, 0.5) is 5.69 Å². The summed E-state index contributed by atoms with van der Waals surface area (Å²) in [6, 6.07) is 1.63. The maximum absolute atomic E-state index is 11.8. The van der Waals surface area contributed by atoms with Gasteiger partial charge < -0.3 is 21.4 Å². The summed E-state index contributed by atoms with van der Waals surface area (Å²) in [4.78, 5) is 10.1. The number of hydrogen-bond acceptors (Lipinski definition) is 8. The van der Waals surface area contributed by atoms with Crippen LogP contribution in [0.25, 0.3) is 0 Å². The number of fused-ring (bicyclic) bond motifs is 1. The fraction of sp³-hybridized carbons (Fsp3) is 0.100. The molecule has 1 atom stereocenters. The second-order valence-corrected chi connectivity index (χ2v) is 5.32. The van der Waals surface area contributed by atoms with Gasteiger partial charge >= 0.3 is 5.69 Å². The topological polar surface area (TPSA) is 173 Å². The van der Waals surface area contributed by atoms with Crippen LogP contribution in [-0.4, -0.2) is 20.7 Å². The number of hydrogen-bond donors (Lipinski definition) is 1. The fourth-order valence-corrected chi connectivity index (χ4v) is 3.23. The first-order chi connectivity index (χ1) is 10.4. The van der Waals surface area contributed by atoms with Gasteiger partial charge in [-0.25, -0.2) is 0 Å². The molecule has 3 rings (SSSR count). The van der Waals surface area contributed by atoms with Crippen molar-refractivity contribution < 1.29 is 25.1 Å². The van der Waals surface area contributed by atoms with E-state index in [0.29, 0.717) is 10.6 Å². The minimum absolute atomic E-state index is 0.0425. The van der Waals surface area contributed by atoms with E-state index >= 15 is 0 Å². The lowest BCUT2D eigenvalue weighted by Gasteiger charge is -2.15. The first-order valence-corrected chi connectivity index (χ1v) is 6.66. The molecule has 22 heavy (non-hydrogen) atoms. The number of quaternary nitrogens is 1. The molecule has 3 N–H and O–H groups in total. The predicted octanol–water partition coefficient (Wildman–Crippen LogP) is -0.654. The number of nitro groups is 1. The molecule has 11 nitrogen and oxygen atoms in total. The maximum atomic E-state index is 11.8. The van der Waals surface area contributed by atoms with Gasteiger partial charge in [-0.3, -0.25) is 14.7 Å². The van der Waals surface area contributed by atoms with Crippen LogP contribution in [0.5, 0.6) is 0 Å². The van der Waals surface area contributed by atoms with Crippen LogP contribution in [0.15, 0.2) is 27.8 Å². The molecule has 12 heteroatoms. The highest BCUT2D eigenvalue weighted by Crippen LogP contribution is 2.40. The van der Waals surface area contributed by atoms with E-state index in [1.54, 1.807) is 11.4 Å². The maximum Gasteiger partial charge on any atom is 0.318 e. The molecule has 0 fully saturated rings. The molecule has 1 aliphatic carbocycles. The van der Waals surface area contributed by atoms with Crippen molar-refractivity contribution in [3.63, 3.8) is 0 Å². The van der Waals surface area contributed by atoms with Crippen molar-refractivity contribution in [1.29, 1.82) is 0 Å². The Bertz CT molecular complexity index is 833. The highest BCUT2D eigenvalue weighted by Gasteiger charge is 2.48. The van der Waals surface area contributed by atoms with Crippen molar-refractivity contribution in [2.45, 2.75) is 5.92 Å². The van der Waals surface area contributed by atoms with Crippen molar-refractivity contribution in [3.8, 4) is 0 Å². The third-order valence-corrected chi connectivity index (χ3v) is 4.22. The first kappa shape index (κ1) is 14.0. The molecule has 1 aliphatic rings. The third kappa shape index (κ3) is 1.89. The lowest BCUT2D eigenvalue weighted by Crippen LogP contribution is -2.42. The van der Waals surface area contributed by atoms with Crippen LogP contribution in [-0.2, 0) is 0 Å². The molecular weight excluding hydrogens is 318 g/mol. The van der Waals surface area contributed by atoms with Crippen LogP contribution >= 0.6 is 11.3 Å². The molecule has 2 aromatic rings. The summed E-state index contributed by atoms with van der Waals surface area (Å²) in [7, 11) is 0. The first-order valence-electron chi connectivity index (χ1n) is 5.78. The van der Waals surface area contributed by atoms with Gasteiger partial charge in [-0.2, -0.15) is 4.90 Å². The zero-order valence-electron chi connectivity index (χ0n) is 10.7. The quantitative estimate of drug-likeness (QED) is 0.433. The van der Waals surface area contributed by atoms with Crippen LogP contribution in [0.3, 0.4) is 0 Å². The van der Waals surface area contributed by atoms with E-state index in [4.69, 9.17) is 0 Å². The highest BCUT2D eigenvalue weighted by atomic mass is 32.1. The summed E-state index contributed by atoms with van der Waals surface area (Å²) >= 11 is 1.15. The second kappa shape index (κ2) is 4.78. The minimum Gasteiger partial charge on any atom is -0.612 e. The van der Waals surface area contributed by atoms with E-state index in [0.717, 1.165) is 17.4 Å². The molecule has 2 heterocycles. The summed E-state index contributed by atoms with van der Waals surface area (Å²) in [6.45, 7) is 0. The van der Waals surface area contributed by atoms with Gasteiger partial charge in [-0.1, -0.05) is 0 Å². The predicted molar refractivity (Wildman–Crippen MR) is 70.4 cm³/mol. The summed E-state index contributed by atoms with van der Waals surface area (Å²) in [5, 5.41) is 50.2. The van der Waals surface area contributed by atoms with Crippen molar-refractivity contribution in [1.82, 2.24) is 5.16 Å². The molecule has 0 radical (unpaired) electrons. The van der Waals surface area contributed by atoms with E-state index in [-0.39, 0.29) is 16.3 Å². The van der Waals surface area contributed by atoms with Crippen LogP contribution in [0.2, 0.25) is 0 Å². The van der Waals surface area contributed by atoms with Crippen molar-refractivity contribution >= 4 is 22.7 Å². The van der Waals surface area contributed by atoms with E-state index in [1.165, 1.54) is 0 Å². The van der Waals surface area contributed by atoms with Crippen molar-refractivity contribution in [3.05, 3.63) is 65.2 Å². The molecule has 114 valence electrons. The van der Waals surface area contributed by atoms with Gasteiger partial charge in [0.1, 0.15) is 5.69 Å². The molecule has 1 unspecified atom stereocenters. The van der Waals surface area contributed by atoms with Crippen LogP contribution in [0.1, 0.15) is 22.2 Å². The van der Waals surface area contributed by atoms with Crippen molar-refractivity contribution in [2.75, 3.05) is 0 Å². The standard InChI is InChI=1S/C10H6N5O6S/c11-4-1-2-22-10(4)7-5(13(16)17)3-6(14(18)19)8-9(7)15(20)21-12-8/h1-3,7H,11H2/q-1/p+1. The summed E-state index contributed by atoms with van der Waals surface area (Å²) in [6.07, 6.45) is 0.800. The molecule has 0 aromatic carbocycles. The Labute approximate surface area is 125 Å². The van der Waals surface area contributed by atoms with Gasteiger partial charge in [-0.15, -0.1) is 11.3 Å². The molecule has 0 amide bonds. The van der Waals surface area contributed by atoms with E-state index in [9.17, 15) is 25.7 Å². The Hall–Kier alpha value is -2.99. The number of rotatable bonds is 2. The van der Waals surface area contributed by atoms with E-state index in [2.05, 4.69) is 15.5 Å². The Balaban J connectivity index is 2.34. The molecule has 0 saturated carbocycles. The molecule has 0 saturated heterocycles. The Morgan fingerprint density at radius 1 is 1.41 bits per heavy atom. The fourth-order valence-electron chi connectivity index (χ4n) is 2.26. The van der Waals surface area contributed by atoms with Gasteiger partial charge in [0, 0.05) is 6.07 Å². The van der Waals surface area contributed by atoms with Gasteiger partial charge in [0.2, 0.25) is 5.69 Å². The largest absolute Gasteiger partial charge is 0.612 e. The summed E-state index contributed by atoms with van der Waals surface area (Å²) < 4.78 is 4.41. The highest BCUT2D eigenvalue weighted by molar-refractivity contribution is 7.10. The Kier molecular flexibility index (Phi) is 3.04. The van der Waals surface area contributed by atoms with Gasteiger partial charge in [0.25, 0.3) is 11.4 Å². The Morgan fingerprint density at radius 3 is 2.68 bits per heavy atom. The second-order valence-electron chi connectivity index (χ2n) is 4.38. The van der Waals surface area contributed by atoms with Crippen molar-refractivity contribution in [2.24, 2.45) is 0 Å². The minimum atomic E-state index is -1.12. The third-order valence-electron chi connectivity index (χ3n) is 3.19. The molecule has 0 bridgehead atoms. The summed E-state index contributed by atoms with van der Waals surface area (Å²) in [5.74, 6) is -1.12. The zero-order valence-corrected chi connectivity index (χ0v) is 11.5. The van der Waals surface area contributed by atoms with Crippen LogP contribution < -0.4 is 10.6 Å². The number of aromatic nitrogens is 2. The van der Waals surface area contributed by atoms with E-state index < -0.39 is 27.2 Å². The molecule has 2 aromatic heterocycles. The number of thiophene rings is 1. The zero-order chi connectivity index (χ0) is 16.0. The van der Waals surface area contributed by atoms with E-state index in [1.807, 2.05) is 0 Å². The molecular formula is C10H7N5O6S. The number of nitrogens with zero attached hydrogens (tertiary/aromatic N) is 4. The monoisotopic (exact) mass is 325 g/mol. The number of allylic oxidation sites excluding steroid dienone is 2. The normalized spacial score (nSPS) is 17.0. The average molecular weight is 325 g/mol. The average Bonchev–Trinajstić information content (AvgIpc) is 3.04. The van der Waals surface area contributed by atoms with Crippen LogP contribution in [0, 0.1) is 25.7 Å². The molecule has 0 spiro atoms. The lowest BCUT2D eigenvalue weighted by atomic mass is 9.90. The lowest BCUT2D eigenvalue weighted by molar-refractivity contribution is -0.808. The SMILES string of the molecule is [NH3+]c1ccsc1C1C([N+](=O)[O-])=CC(=[N+]([O-])[O-])c2no[n+]([O-])c21. The van der Waals surface area contributed by atoms with Gasteiger partial charge in [0.05, 0.1) is 21.0 Å². The Morgan fingerprint density at radius 2 is 2.14 bits per heavy atom. The van der Waals surface area contributed by atoms with Gasteiger partial charge in [-0.05, 0) is 10.3 Å².